The summed E-state index contributed by atoms with van der Waals surface area (Å²) in [5, 5.41) is 11.8. The maximum atomic E-state index is 12.8. The highest BCUT2D eigenvalue weighted by Gasteiger charge is 2.27. The van der Waals surface area contributed by atoms with Gasteiger partial charge in [0.25, 0.3) is 0 Å². The molecule has 5 nitrogen and oxygen atoms in total. The van der Waals surface area contributed by atoms with Gasteiger partial charge in [0.1, 0.15) is 0 Å². The lowest BCUT2D eigenvalue weighted by Gasteiger charge is -2.31. The Morgan fingerprint density at radius 2 is 1.67 bits per heavy atom. The average molecular weight is 344 g/mol. The fraction of sp³-hybridized carbons (Fsp3) is 0.278. The van der Waals surface area contributed by atoms with E-state index in [0.717, 1.165) is 21.2 Å². The van der Waals surface area contributed by atoms with E-state index in [4.69, 9.17) is 9.84 Å². The molecule has 24 heavy (non-hydrogen) atoms. The standard InChI is InChI=1S/C18H20N2O3S/c21-10-12-23-11-9-19-13-18(22)20-14-5-1-3-7-16(14)24-17-8-4-2-6-15(17)20/h1-8,19,21H,9-13H2. The number of hydrogen-bond acceptors (Lipinski definition) is 5. The summed E-state index contributed by atoms with van der Waals surface area (Å²) in [5.74, 6) is -0.00245. The van der Waals surface area contributed by atoms with Gasteiger partial charge < -0.3 is 15.2 Å². The van der Waals surface area contributed by atoms with Gasteiger partial charge in [-0.05, 0) is 24.3 Å². The smallest absolute Gasteiger partial charge is 0.245 e. The van der Waals surface area contributed by atoms with Crippen molar-refractivity contribution in [2.45, 2.75) is 9.79 Å². The minimum absolute atomic E-state index is 0.00245. The van der Waals surface area contributed by atoms with Crippen molar-refractivity contribution < 1.29 is 14.6 Å². The van der Waals surface area contributed by atoms with Crippen LogP contribution in [0.2, 0.25) is 0 Å². The highest BCUT2D eigenvalue weighted by Crippen LogP contribution is 2.47. The number of benzene rings is 2. The molecule has 2 aromatic carbocycles. The number of nitrogens with zero attached hydrogens (tertiary/aromatic N) is 1. The summed E-state index contributed by atoms with van der Waals surface area (Å²) in [6, 6.07) is 15.9. The Morgan fingerprint density at radius 3 is 2.29 bits per heavy atom. The van der Waals surface area contributed by atoms with Gasteiger partial charge in [0.05, 0.1) is 37.7 Å². The van der Waals surface area contributed by atoms with Crippen LogP contribution < -0.4 is 10.2 Å². The van der Waals surface area contributed by atoms with Crippen molar-refractivity contribution in [3.8, 4) is 0 Å². The number of rotatable bonds is 7. The zero-order valence-corrected chi connectivity index (χ0v) is 14.1. The van der Waals surface area contributed by atoms with Crippen molar-refractivity contribution in [1.82, 2.24) is 5.32 Å². The Kier molecular flexibility index (Phi) is 5.87. The second-order valence-corrected chi connectivity index (χ2v) is 6.36. The Morgan fingerprint density at radius 1 is 1.04 bits per heavy atom. The molecule has 0 bridgehead atoms. The molecule has 0 saturated heterocycles. The van der Waals surface area contributed by atoms with Crippen LogP contribution in [-0.4, -0.2) is 43.9 Å². The summed E-state index contributed by atoms with van der Waals surface area (Å²) in [6.07, 6.45) is 0. The number of ether oxygens (including phenoxy) is 1. The maximum absolute atomic E-state index is 12.8. The Balaban J connectivity index is 1.71. The molecule has 2 aromatic rings. The molecule has 1 amide bonds. The fourth-order valence-electron chi connectivity index (χ4n) is 2.56. The van der Waals surface area contributed by atoms with Crippen LogP contribution in [0.3, 0.4) is 0 Å². The molecular weight excluding hydrogens is 324 g/mol. The van der Waals surface area contributed by atoms with E-state index >= 15 is 0 Å². The molecule has 6 heteroatoms. The molecule has 2 N–H and O–H groups in total. The van der Waals surface area contributed by atoms with Crippen molar-refractivity contribution in [3.05, 3.63) is 48.5 Å². The summed E-state index contributed by atoms with van der Waals surface area (Å²) < 4.78 is 5.18. The Bertz CT molecular complexity index is 663. The number of carbonyl (C=O) groups is 1. The minimum atomic E-state index is -0.00245. The van der Waals surface area contributed by atoms with Crippen LogP contribution in [0.15, 0.2) is 58.3 Å². The number of anilines is 2. The second kappa shape index (κ2) is 8.30. The molecule has 0 fully saturated rings. The predicted molar refractivity (Wildman–Crippen MR) is 94.9 cm³/mol. The molecule has 0 aromatic heterocycles. The first kappa shape index (κ1) is 17.0. The van der Waals surface area contributed by atoms with Crippen LogP contribution in [0, 0.1) is 0 Å². The molecule has 0 unspecified atom stereocenters. The van der Waals surface area contributed by atoms with Gasteiger partial charge in [0.2, 0.25) is 5.91 Å². The number of fused-ring (bicyclic) bond motifs is 2. The number of para-hydroxylation sites is 2. The van der Waals surface area contributed by atoms with Gasteiger partial charge in [-0.25, -0.2) is 0 Å². The van der Waals surface area contributed by atoms with Gasteiger partial charge in [0, 0.05) is 16.3 Å². The first-order chi connectivity index (χ1) is 11.8. The summed E-state index contributed by atoms with van der Waals surface area (Å²) in [4.78, 5) is 16.7. The van der Waals surface area contributed by atoms with Crippen molar-refractivity contribution >= 4 is 29.0 Å². The summed E-state index contributed by atoms with van der Waals surface area (Å²) in [5.41, 5.74) is 1.84. The van der Waals surface area contributed by atoms with E-state index in [0.29, 0.717) is 19.8 Å². The molecule has 1 aliphatic heterocycles. The second-order valence-electron chi connectivity index (χ2n) is 5.28. The molecule has 0 saturated carbocycles. The Hall–Kier alpha value is -1.86. The largest absolute Gasteiger partial charge is 0.394 e. The minimum Gasteiger partial charge on any atom is -0.394 e. The van der Waals surface area contributed by atoms with E-state index in [1.165, 1.54) is 0 Å². The maximum Gasteiger partial charge on any atom is 0.245 e. The lowest BCUT2D eigenvalue weighted by molar-refractivity contribution is -0.117. The highest BCUT2D eigenvalue weighted by molar-refractivity contribution is 7.99. The van der Waals surface area contributed by atoms with E-state index in [-0.39, 0.29) is 19.1 Å². The zero-order chi connectivity index (χ0) is 16.8. The quantitative estimate of drug-likeness (QED) is 0.756. The SMILES string of the molecule is O=C(CNCCOCCO)N1c2ccccc2Sc2ccccc21. The topological polar surface area (TPSA) is 61.8 Å². The molecule has 0 spiro atoms. The molecule has 0 atom stereocenters. The van der Waals surface area contributed by atoms with Crippen LogP contribution in [0.25, 0.3) is 0 Å². The number of aliphatic hydroxyl groups excluding tert-OH is 1. The number of nitrogens with one attached hydrogen (secondary N) is 1. The lowest BCUT2D eigenvalue weighted by atomic mass is 10.2. The van der Waals surface area contributed by atoms with Crippen LogP contribution in [0.5, 0.6) is 0 Å². The third-order valence-electron chi connectivity index (χ3n) is 3.62. The van der Waals surface area contributed by atoms with Gasteiger partial charge in [0.15, 0.2) is 0 Å². The average Bonchev–Trinajstić information content (AvgIpc) is 2.62. The molecule has 1 aliphatic rings. The monoisotopic (exact) mass is 344 g/mol. The normalized spacial score (nSPS) is 12.6. The Labute approximate surface area is 145 Å². The lowest BCUT2D eigenvalue weighted by Crippen LogP contribution is -2.37. The zero-order valence-electron chi connectivity index (χ0n) is 13.3. The van der Waals surface area contributed by atoms with Gasteiger partial charge >= 0.3 is 0 Å². The molecule has 3 rings (SSSR count). The number of amides is 1. The third kappa shape index (κ3) is 3.79. The van der Waals surface area contributed by atoms with E-state index in [9.17, 15) is 4.79 Å². The van der Waals surface area contributed by atoms with Crippen molar-refractivity contribution in [2.24, 2.45) is 0 Å². The van der Waals surface area contributed by atoms with Gasteiger partial charge in [-0.1, -0.05) is 36.0 Å². The first-order valence-electron chi connectivity index (χ1n) is 7.89. The van der Waals surface area contributed by atoms with Gasteiger partial charge in [-0.15, -0.1) is 0 Å². The highest BCUT2D eigenvalue weighted by atomic mass is 32.2. The van der Waals surface area contributed by atoms with Gasteiger partial charge in [-0.2, -0.15) is 0 Å². The van der Waals surface area contributed by atoms with Crippen molar-refractivity contribution in [2.75, 3.05) is 37.8 Å². The number of aliphatic hydroxyl groups is 1. The van der Waals surface area contributed by atoms with Crippen LogP contribution in [0.4, 0.5) is 11.4 Å². The molecule has 126 valence electrons. The van der Waals surface area contributed by atoms with E-state index in [2.05, 4.69) is 5.32 Å². The van der Waals surface area contributed by atoms with Crippen molar-refractivity contribution in [3.63, 3.8) is 0 Å². The van der Waals surface area contributed by atoms with E-state index in [1.807, 2.05) is 48.5 Å². The molecule has 1 heterocycles. The fourth-order valence-corrected chi connectivity index (χ4v) is 3.62. The molecule has 0 radical (unpaired) electrons. The van der Waals surface area contributed by atoms with E-state index < -0.39 is 0 Å². The molecular formula is C18H20N2O3S. The number of carbonyl (C=O) groups excluding carboxylic acids is 1. The summed E-state index contributed by atoms with van der Waals surface area (Å²) in [7, 11) is 0. The summed E-state index contributed by atoms with van der Waals surface area (Å²) in [6.45, 7) is 1.60. The third-order valence-corrected chi connectivity index (χ3v) is 4.75. The number of hydrogen-bond donors (Lipinski definition) is 2. The van der Waals surface area contributed by atoms with Crippen molar-refractivity contribution in [1.29, 1.82) is 0 Å². The first-order valence-corrected chi connectivity index (χ1v) is 8.71. The van der Waals surface area contributed by atoms with Gasteiger partial charge in [-0.3, -0.25) is 9.69 Å². The van der Waals surface area contributed by atoms with Crippen LogP contribution in [-0.2, 0) is 9.53 Å². The molecule has 0 aliphatic carbocycles. The predicted octanol–water partition coefficient (Wildman–Crippen LogP) is 2.41. The van der Waals surface area contributed by atoms with Crippen LogP contribution >= 0.6 is 11.8 Å². The summed E-state index contributed by atoms with van der Waals surface area (Å²) >= 11 is 1.68. The van der Waals surface area contributed by atoms with Crippen LogP contribution in [0.1, 0.15) is 0 Å². The van der Waals surface area contributed by atoms with E-state index in [1.54, 1.807) is 16.7 Å².